The third-order valence-corrected chi connectivity index (χ3v) is 4.37. The summed E-state index contributed by atoms with van der Waals surface area (Å²) in [5.41, 5.74) is 1.24. The Hall–Kier alpha value is -1.97. The van der Waals surface area contributed by atoms with E-state index in [9.17, 15) is 20.1 Å². The molecule has 0 aliphatic carbocycles. The molecule has 1 aromatic carbocycles. The van der Waals surface area contributed by atoms with Gasteiger partial charge in [-0.05, 0) is 32.1 Å². The molecule has 0 heterocycles. The number of benzene rings is 1. The molecule has 0 aliphatic heterocycles. The van der Waals surface area contributed by atoms with Crippen molar-refractivity contribution in [1.82, 2.24) is 0 Å². The zero-order valence-electron chi connectivity index (χ0n) is 16.1. The van der Waals surface area contributed by atoms with Gasteiger partial charge in [-0.25, -0.2) is 0 Å². The maximum atomic E-state index is 12.6. The molecule has 1 aromatic rings. The van der Waals surface area contributed by atoms with Gasteiger partial charge in [-0.2, -0.15) is 0 Å². The van der Waals surface area contributed by atoms with Crippen LogP contribution in [0, 0.1) is 11.8 Å². The number of hydrogen-bond acceptors (Lipinski definition) is 4. The monoisotopic (exact) mass is 348 g/mol. The zero-order valence-corrected chi connectivity index (χ0v) is 16.1. The number of phenols is 3. The molecule has 1 unspecified atom stereocenters. The van der Waals surface area contributed by atoms with E-state index in [1.807, 2.05) is 26.8 Å². The lowest BCUT2D eigenvalue weighted by Crippen LogP contribution is -2.08. The Balaban J connectivity index is 2.94. The van der Waals surface area contributed by atoms with E-state index < -0.39 is 0 Å². The fraction of sp³-hybridized carbons (Fsp3) is 0.571. The fourth-order valence-corrected chi connectivity index (χ4v) is 2.86. The van der Waals surface area contributed by atoms with Crippen molar-refractivity contribution in [2.75, 3.05) is 0 Å². The van der Waals surface area contributed by atoms with E-state index in [1.54, 1.807) is 0 Å². The minimum absolute atomic E-state index is 0.0781. The lowest BCUT2D eigenvalue weighted by atomic mass is 9.91. The summed E-state index contributed by atoms with van der Waals surface area (Å²) in [6.07, 6.45) is 5.56. The molecule has 0 amide bonds. The molecule has 0 aliphatic rings. The van der Waals surface area contributed by atoms with Gasteiger partial charge in [-0.3, -0.25) is 4.79 Å². The second kappa shape index (κ2) is 9.50. The normalized spacial score (nSPS) is 12.2. The molecular formula is C21H32O4. The first-order chi connectivity index (χ1) is 11.6. The molecule has 1 rings (SSSR count). The zero-order chi connectivity index (χ0) is 19.1. The van der Waals surface area contributed by atoms with Crippen molar-refractivity contribution in [2.24, 2.45) is 11.8 Å². The number of carbonyl (C=O) groups excluding carboxylic acids is 1. The van der Waals surface area contributed by atoms with Crippen LogP contribution in [0.2, 0.25) is 0 Å². The van der Waals surface area contributed by atoms with Crippen LogP contribution >= 0.6 is 0 Å². The molecule has 0 fully saturated rings. The van der Waals surface area contributed by atoms with E-state index in [4.69, 9.17) is 0 Å². The maximum absolute atomic E-state index is 12.6. The Morgan fingerprint density at radius 2 is 1.72 bits per heavy atom. The van der Waals surface area contributed by atoms with Crippen molar-refractivity contribution in [3.63, 3.8) is 0 Å². The van der Waals surface area contributed by atoms with Crippen LogP contribution in [0.3, 0.4) is 0 Å². The largest absolute Gasteiger partial charge is 0.507 e. The number of hydrogen-bond donors (Lipinski definition) is 3. The van der Waals surface area contributed by atoms with Gasteiger partial charge < -0.3 is 15.3 Å². The Bertz CT molecular complexity index is 625. The Labute approximate surface area is 151 Å². The highest BCUT2D eigenvalue weighted by Crippen LogP contribution is 2.39. The minimum atomic E-state index is -0.365. The summed E-state index contributed by atoms with van der Waals surface area (Å²) in [7, 11) is 0. The van der Waals surface area contributed by atoms with Gasteiger partial charge in [0.15, 0.2) is 5.78 Å². The highest BCUT2D eigenvalue weighted by atomic mass is 16.3. The fourth-order valence-electron chi connectivity index (χ4n) is 2.86. The molecule has 140 valence electrons. The minimum Gasteiger partial charge on any atom is -0.507 e. The average Bonchev–Trinajstić information content (AvgIpc) is 2.45. The quantitative estimate of drug-likeness (QED) is 0.415. The van der Waals surface area contributed by atoms with Crippen LogP contribution in [-0.2, 0) is 6.42 Å². The second-order valence-corrected chi connectivity index (χ2v) is 7.66. The standard InChI is InChI=1S/C21H32O4/c1-13(2)7-6-8-15(5)11-18(23)20-19(24)12-17(22)16(21(20)25)10-9-14(3)4/h9,12-13,15,22,24-25H,6-8,10-11H2,1-5H3. The van der Waals surface area contributed by atoms with Gasteiger partial charge in [0.1, 0.15) is 22.8 Å². The van der Waals surface area contributed by atoms with Crippen LogP contribution in [-0.4, -0.2) is 21.1 Å². The van der Waals surface area contributed by atoms with Gasteiger partial charge in [-0.1, -0.05) is 51.7 Å². The summed E-state index contributed by atoms with van der Waals surface area (Å²) in [6, 6.07) is 1.14. The van der Waals surface area contributed by atoms with Gasteiger partial charge in [-0.15, -0.1) is 0 Å². The average molecular weight is 348 g/mol. The molecule has 3 N–H and O–H groups in total. The molecule has 0 radical (unpaired) electrons. The number of Topliss-reactive ketones (excluding diaryl/α,β-unsaturated/α-hetero) is 1. The van der Waals surface area contributed by atoms with Crippen molar-refractivity contribution in [3.05, 3.63) is 28.8 Å². The molecule has 25 heavy (non-hydrogen) atoms. The molecule has 0 saturated heterocycles. The number of phenolic OH excluding ortho intramolecular Hbond substituents is 3. The molecule has 4 heteroatoms. The van der Waals surface area contributed by atoms with Crippen molar-refractivity contribution >= 4 is 5.78 Å². The highest BCUT2D eigenvalue weighted by molar-refractivity contribution is 6.02. The Morgan fingerprint density at radius 3 is 2.28 bits per heavy atom. The van der Waals surface area contributed by atoms with E-state index >= 15 is 0 Å². The first-order valence-electron chi connectivity index (χ1n) is 9.06. The van der Waals surface area contributed by atoms with E-state index in [-0.39, 0.29) is 46.5 Å². The summed E-state index contributed by atoms with van der Waals surface area (Å²) >= 11 is 0. The van der Waals surface area contributed by atoms with Crippen LogP contribution in [0.15, 0.2) is 17.7 Å². The van der Waals surface area contributed by atoms with Crippen LogP contribution in [0.1, 0.15) is 76.2 Å². The predicted molar refractivity (Wildman–Crippen MR) is 101 cm³/mol. The lowest BCUT2D eigenvalue weighted by Gasteiger charge is -2.15. The summed E-state index contributed by atoms with van der Waals surface area (Å²) in [6.45, 7) is 10.2. The second-order valence-electron chi connectivity index (χ2n) is 7.66. The van der Waals surface area contributed by atoms with Gasteiger partial charge in [0.25, 0.3) is 0 Å². The predicted octanol–water partition coefficient (Wildman–Crippen LogP) is 5.35. The molecule has 0 aromatic heterocycles. The summed E-state index contributed by atoms with van der Waals surface area (Å²) < 4.78 is 0. The molecule has 4 nitrogen and oxygen atoms in total. The third kappa shape index (κ3) is 6.45. The summed E-state index contributed by atoms with van der Waals surface area (Å²) in [5, 5.41) is 30.5. The number of rotatable bonds is 9. The molecule has 1 atom stereocenters. The highest BCUT2D eigenvalue weighted by Gasteiger charge is 2.23. The molecule has 0 saturated carbocycles. The maximum Gasteiger partial charge on any atom is 0.170 e. The smallest absolute Gasteiger partial charge is 0.170 e. The van der Waals surface area contributed by atoms with Crippen molar-refractivity contribution in [2.45, 2.75) is 66.7 Å². The van der Waals surface area contributed by atoms with Gasteiger partial charge >= 0.3 is 0 Å². The number of carbonyl (C=O) groups is 1. The summed E-state index contributed by atoms with van der Waals surface area (Å²) in [4.78, 5) is 12.6. The first kappa shape index (κ1) is 21.1. The van der Waals surface area contributed by atoms with E-state index in [2.05, 4.69) is 13.8 Å². The number of aromatic hydroxyl groups is 3. The van der Waals surface area contributed by atoms with Gasteiger partial charge in [0.05, 0.1) is 0 Å². The van der Waals surface area contributed by atoms with Crippen molar-refractivity contribution in [3.8, 4) is 17.2 Å². The Morgan fingerprint density at radius 1 is 1.08 bits per heavy atom. The van der Waals surface area contributed by atoms with E-state index in [0.29, 0.717) is 12.3 Å². The Kier molecular flexibility index (Phi) is 8.01. The van der Waals surface area contributed by atoms with E-state index in [0.717, 1.165) is 30.9 Å². The lowest BCUT2D eigenvalue weighted by molar-refractivity contribution is 0.0956. The molecular weight excluding hydrogens is 316 g/mol. The summed E-state index contributed by atoms with van der Waals surface area (Å²) in [5.74, 6) is -0.338. The van der Waals surface area contributed by atoms with Crippen LogP contribution in [0.4, 0.5) is 0 Å². The number of ketones is 1. The number of allylic oxidation sites excluding steroid dienone is 2. The van der Waals surface area contributed by atoms with Crippen LogP contribution in [0.5, 0.6) is 17.2 Å². The van der Waals surface area contributed by atoms with E-state index in [1.165, 1.54) is 0 Å². The third-order valence-electron chi connectivity index (χ3n) is 4.37. The van der Waals surface area contributed by atoms with Crippen LogP contribution < -0.4 is 0 Å². The van der Waals surface area contributed by atoms with Crippen molar-refractivity contribution < 1.29 is 20.1 Å². The van der Waals surface area contributed by atoms with Gasteiger partial charge in [0, 0.05) is 18.1 Å². The first-order valence-corrected chi connectivity index (χ1v) is 9.06. The van der Waals surface area contributed by atoms with Crippen LogP contribution in [0.25, 0.3) is 0 Å². The topological polar surface area (TPSA) is 77.8 Å². The van der Waals surface area contributed by atoms with Crippen molar-refractivity contribution in [1.29, 1.82) is 0 Å². The van der Waals surface area contributed by atoms with Gasteiger partial charge in [0.2, 0.25) is 0 Å². The molecule has 0 spiro atoms. The SMILES string of the molecule is CC(C)=CCc1c(O)cc(O)c(C(=O)CC(C)CCCC(C)C)c1O. The molecule has 0 bridgehead atoms.